The van der Waals surface area contributed by atoms with Crippen molar-refractivity contribution >= 4 is 21.6 Å². The number of aryl methyl sites for hydroxylation is 2. The molecule has 0 aliphatic heterocycles. The lowest BCUT2D eigenvalue weighted by Crippen LogP contribution is -2.37. The minimum absolute atomic E-state index is 0.201. The summed E-state index contributed by atoms with van der Waals surface area (Å²) >= 11 is 0. The fourth-order valence-corrected chi connectivity index (χ4v) is 3.37. The number of amides is 1. The van der Waals surface area contributed by atoms with Crippen LogP contribution in [0.2, 0.25) is 0 Å². The second kappa shape index (κ2) is 8.42. The third-order valence-electron chi connectivity index (χ3n) is 4.10. The van der Waals surface area contributed by atoms with E-state index in [1.807, 2.05) is 32.0 Å². The van der Waals surface area contributed by atoms with Gasteiger partial charge in [0.05, 0.1) is 12.8 Å². The lowest BCUT2D eigenvalue weighted by molar-refractivity contribution is -0.116. The second-order valence-electron chi connectivity index (χ2n) is 6.13. The molecule has 2 aromatic rings. The predicted octanol–water partition coefficient (Wildman–Crippen LogP) is 3.10. The Balaban J connectivity index is 2.19. The number of hydrogen-bond acceptors (Lipinski definition) is 3. The molecule has 2 rings (SSSR count). The van der Waals surface area contributed by atoms with Gasteiger partial charge < -0.3 is 5.32 Å². The van der Waals surface area contributed by atoms with Gasteiger partial charge in [0, 0.05) is 17.8 Å². The zero-order valence-electron chi connectivity index (χ0n) is 15.1. The van der Waals surface area contributed by atoms with Crippen LogP contribution in [0.5, 0.6) is 0 Å². The second-order valence-corrected chi connectivity index (χ2v) is 8.12. The number of benzene rings is 2. The number of carbonyl (C=O) groups is 1. The molecule has 1 N–H and O–H groups in total. The molecule has 0 aliphatic rings. The maximum Gasteiger partial charge on any atom is 0.239 e. The molecule has 0 radical (unpaired) electrons. The van der Waals surface area contributed by atoms with E-state index in [2.05, 4.69) is 5.32 Å². The molecule has 0 spiro atoms. The molecule has 5 nitrogen and oxygen atoms in total. The smallest absolute Gasteiger partial charge is 0.239 e. The molecular formula is C19H23FN2O3S. The topological polar surface area (TPSA) is 66.5 Å². The van der Waals surface area contributed by atoms with Crippen LogP contribution in [0, 0.1) is 12.7 Å². The molecule has 2 aromatic carbocycles. The molecule has 1 amide bonds. The normalized spacial score (nSPS) is 11.6. The van der Waals surface area contributed by atoms with Gasteiger partial charge in [0.15, 0.2) is 0 Å². The average molecular weight is 378 g/mol. The van der Waals surface area contributed by atoms with Crippen LogP contribution < -0.4 is 5.32 Å². The lowest BCUT2D eigenvalue weighted by Gasteiger charge is -2.21. The van der Waals surface area contributed by atoms with Crippen LogP contribution >= 0.6 is 0 Å². The first-order valence-electron chi connectivity index (χ1n) is 8.29. The molecule has 7 heteroatoms. The maximum absolute atomic E-state index is 13.9. The van der Waals surface area contributed by atoms with Crippen LogP contribution in [0.25, 0.3) is 0 Å². The molecule has 0 saturated carbocycles. The van der Waals surface area contributed by atoms with Crippen LogP contribution in [0.4, 0.5) is 10.1 Å². The van der Waals surface area contributed by atoms with E-state index in [-0.39, 0.29) is 18.7 Å². The Labute approximate surface area is 153 Å². The predicted molar refractivity (Wildman–Crippen MR) is 101 cm³/mol. The molecule has 26 heavy (non-hydrogen) atoms. The van der Waals surface area contributed by atoms with Gasteiger partial charge >= 0.3 is 0 Å². The summed E-state index contributed by atoms with van der Waals surface area (Å²) < 4.78 is 38.9. The Morgan fingerprint density at radius 1 is 1.12 bits per heavy atom. The van der Waals surface area contributed by atoms with Gasteiger partial charge in [-0.05, 0) is 30.5 Å². The minimum Gasteiger partial charge on any atom is -0.324 e. The highest BCUT2D eigenvalue weighted by molar-refractivity contribution is 7.88. The number of hydrogen-bond donors (Lipinski definition) is 1. The Morgan fingerprint density at radius 3 is 2.38 bits per heavy atom. The number of rotatable bonds is 7. The maximum atomic E-state index is 13.9. The molecule has 0 atom stereocenters. The fraction of sp³-hybridized carbons (Fsp3) is 0.316. The highest BCUT2D eigenvalue weighted by Gasteiger charge is 2.22. The SMILES string of the molecule is CCc1cccc(C)c1NC(=O)CN(Cc1ccccc1F)S(C)(=O)=O. The minimum atomic E-state index is -3.69. The Morgan fingerprint density at radius 2 is 1.77 bits per heavy atom. The molecule has 140 valence electrons. The molecular weight excluding hydrogens is 355 g/mol. The Kier molecular flexibility index (Phi) is 6.50. The van der Waals surface area contributed by atoms with Crippen LogP contribution in [0.3, 0.4) is 0 Å². The van der Waals surface area contributed by atoms with Crippen molar-refractivity contribution in [3.8, 4) is 0 Å². The molecule has 0 bridgehead atoms. The number of nitrogens with one attached hydrogen (secondary N) is 1. The summed E-state index contributed by atoms with van der Waals surface area (Å²) in [6, 6.07) is 11.6. The van der Waals surface area contributed by atoms with Crippen molar-refractivity contribution in [2.24, 2.45) is 0 Å². The van der Waals surface area contributed by atoms with Crippen molar-refractivity contribution in [2.75, 3.05) is 18.1 Å². The van der Waals surface area contributed by atoms with E-state index in [0.29, 0.717) is 5.69 Å². The quantitative estimate of drug-likeness (QED) is 0.805. The van der Waals surface area contributed by atoms with Gasteiger partial charge in [-0.3, -0.25) is 4.79 Å². The van der Waals surface area contributed by atoms with E-state index in [1.165, 1.54) is 18.2 Å². The van der Waals surface area contributed by atoms with Crippen LogP contribution in [-0.2, 0) is 27.8 Å². The van der Waals surface area contributed by atoms with Crippen LogP contribution in [0.1, 0.15) is 23.6 Å². The summed E-state index contributed by atoms with van der Waals surface area (Å²) in [5, 5.41) is 2.79. The van der Waals surface area contributed by atoms with Crippen molar-refractivity contribution in [1.82, 2.24) is 4.31 Å². The third-order valence-corrected chi connectivity index (χ3v) is 5.29. The van der Waals surface area contributed by atoms with E-state index in [4.69, 9.17) is 0 Å². The van der Waals surface area contributed by atoms with E-state index in [0.717, 1.165) is 28.1 Å². The average Bonchev–Trinajstić information content (AvgIpc) is 2.57. The first kappa shape index (κ1) is 20.1. The van der Waals surface area contributed by atoms with Gasteiger partial charge in [0.25, 0.3) is 0 Å². The number of anilines is 1. The summed E-state index contributed by atoms with van der Waals surface area (Å²) in [5.41, 5.74) is 2.78. The van der Waals surface area contributed by atoms with Crippen LogP contribution in [0.15, 0.2) is 42.5 Å². The summed E-state index contributed by atoms with van der Waals surface area (Å²) in [6.45, 7) is 3.27. The molecule has 0 fully saturated rings. The third kappa shape index (κ3) is 5.12. The zero-order valence-corrected chi connectivity index (χ0v) is 15.9. The zero-order chi connectivity index (χ0) is 19.3. The fourth-order valence-electron chi connectivity index (χ4n) is 2.65. The van der Waals surface area contributed by atoms with E-state index >= 15 is 0 Å². The van der Waals surface area contributed by atoms with E-state index in [1.54, 1.807) is 6.07 Å². The standard InChI is InChI=1S/C19H23FN2O3S/c1-4-15-10-7-8-14(2)19(15)21-18(23)13-22(26(3,24)25)12-16-9-5-6-11-17(16)20/h5-11H,4,12-13H2,1-3H3,(H,21,23). The van der Waals surface area contributed by atoms with Gasteiger partial charge in [0.1, 0.15) is 5.82 Å². The van der Waals surface area contributed by atoms with Gasteiger partial charge in [-0.2, -0.15) is 4.31 Å². The number of sulfonamides is 1. The van der Waals surface area contributed by atoms with Crippen LogP contribution in [-0.4, -0.2) is 31.4 Å². The van der Waals surface area contributed by atoms with Crippen molar-refractivity contribution in [3.05, 3.63) is 65.0 Å². The number of carbonyl (C=O) groups excluding carboxylic acids is 1. The van der Waals surface area contributed by atoms with Crippen molar-refractivity contribution in [2.45, 2.75) is 26.8 Å². The molecule has 0 heterocycles. The van der Waals surface area contributed by atoms with E-state index < -0.39 is 21.7 Å². The van der Waals surface area contributed by atoms with Gasteiger partial charge in [-0.15, -0.1) is 0 Å². The first-order chi connectivity index (χ1) is 12.2. The lowest BCUT2D eigenvalue weighted by atomic mass is 10.1. The van der Waals surface area contributed by atoms with E-state index in [9.17, 15) is 17.6 Å². The number of nitrogens with zero attached hydrogens (tertiary/aromatic N) is 1. The monoisotopic (exact) mass is 378 g/mol. The molecule has 0 saturated heterocycles. The van der Waals surface area contributed by atoms with Gasteiger partial charge in [-0.25, -0.2) is 12.8 Å². The molecule has 0 aliphatic carbocycles. The largest absolute Gasteiger partial charge is 0.324 e. The Hall–Kier alpha value is -2.25. The summed E-state index contributed by atoms with van der Waals surface area (Å²) in [4.78, 5) is 12.5. The van der Waals surface area contributed by atoms with Gasteiger partial charge in [-0.1, -0.05) is 43.3 Å². The Bertz CT molecular complexity index is 897. The summed E-state index contributed by atoms with van der Waals surface area (Å²) in [5.74, 6) is -0.968. The highest BCUT2D eigenvalue weighted by Crippen LogP contribution is 2.21. The van der Waals surface area contributed by atoms with Crippen molar-refractivity contribution < 1.29 is 17.6 Å². The van der Waals surface area contributed by atoms with Crippen molar-refractivity contribution in [1.29, 1.82) is 0 Å². The highest BCUT2D eigenvalue weighted by atomic mass is 32.2. The van der Waals surface area contributed by atoms with Crippen molar-refractivity contribution in [3.63, 3.8) is 0 Å². The molecule has 0 unspecified atom stereocenters. The summed E-state index contributed by atoms with van der Waals surface area (Å²) in [6.07, 6.45) is 1.74. The number of halogens is 1. The first-order valence-corrected chi connectivity index (χ1v) is 10.1. The molecule has 0 aromatic heterocycles. The number of para-hydroxylation sites is 1. The van der Waals surface area contributed by atoms with Gasteiger partial charge in [0.2, 0.25) is 15.9 Å². The summed E-state index contributed by atoms with van der Waals surface area (Å²) in [7, 11) is -3.69.